The zero-order valence-electron chi connectivity index (χ0n) is 21.8. The first-order valence-electron chi connectivity index (χ1n) is 12.2. The van der Waals surface area contributed by atoms with E-state index in [9.17, 15) is 13.2 Å². The fourth-order valence-corrected chi connectivity index (χ4v) is 6.74. The molecule has 10 heteroatoms. The Kier molecular flexibility index (Phi) is 8.78. The fraction of sp³-hybridized carbons (Fsp3) is 0.286. The molecule has 0 saturated carbocycles. The van der Waals surface area contributed by atoms with Gasteiger partial charge >= 0.3 is 0 Å². The second-order valence-electron chi connectivity index (χ2n) is 8.93. The van der Waals surface area contributed by atoms with Crippen molar-refractivity contribution in [1.29, 1.82) is 0 Å². The van der Waals surface area contributed by atoms with E-state index in [1.165, 1.54) is 39.9 Å². The van der Waals surface area contributed by atoms with Crippen LogP contribution in [0, 0.1) is 0 Å². The Hall–Kier alpha value is -3.31. The summed E-state index contributed by atoms with van der Waals surface area (Å²) in [6.07, 6.45) is 0. The molecule has 4 rings (SSSR count). The monoisotopic (exact) mass is 553 g/mol. The standard InChI is InChI=1S/C28H31N3O5S2/c1-20(2)31(19-21-8-6-5-7-9-21)38(33,34)24-13-10-22(11-14-24)27(32)29-28-30(16-17-35-3)25-15-12-23(36-4)18-26(25)37-28/h5-15,18,20H,16-17,19H2,1-4H3. The van der Waals surface area contributed by atoms with E-state index in [2.05, 4.69) is 4.99 Å². The van der Waals surface area contributed by atoms with Gasteiger partial charge in [-0.25, -0.2) is 8.42 Å². The molecule has 0 unspecified atom stereocenters. The summed E-state index contributed by atoms with van der Waals surface area (Å²) in [6.45, 7) is 4.93. The predicted molar refractivity (Wildman–Crippen MR) is 149 cm³/mol. The molecule has 0 bridgehead atoms. The number of hydrogen-bond donors (Lipinski definition) is 0. The summed E-state index contributed by atoms with van der Waals surface area (Å²) in [4.78, 5) is 18.1. The van der Waals surface area contributed by atoms with Gasteiger partial charge in [0.15, 0.2) is 4.80 Å². The number of ether oxygens (including phenoxy) is 2. The van der Waals surface area contributed by atoms with Crippen molar-refractivity contribution in [1.82, 2.24) is 8.87 Å². The lowest BCUT2D eigenvalue weighted by Gasteiger charge is -2.26. The number of benzene rings is 3. The van der Waals surface area contributed by atoms with Crippen LogP contribution in [0.25, 0.3) is 10.2 Å². The van der Waals surface area contributed by atoms with Crippen molar-refractivity contribution in [2.75, 3.05) is 20.8 Å². The van der Waals surface area contributed by atoms with Gasteiger partial charge in [-0.15, -0.1) is 0 Å². The number of nitrogens with zero attached hydrogens (tertiary/aromatic N) is 3. The molecule has 0 aliphatic carbocycles. The van der Waals surface area contributed by atoms with Crippen LogP contribution in [0.1, 0.15) is 29.8 Å². The molecule has 38 heavy (non-hydrogen) atoms. The number of carbonyl (C=O) groups is 1. The van der Waals surface area contributed by atoms with Crippen LogP contribution < -0.4 is 9.54 Å². The zero-order valence-corrected chi connectivity index (χ0v) is 23.5. The van der Waals surface area contributed by atoms with Crippen molar-refractivity contribution >= 4 is 37.5 Å². The number of aromatic nitrogens is 1. The van der Waals surface area contributed by atoms with E-state index in [1.54, 1.807) is 14.2 Å². The van der Waals surface area contributed by atoms with Crippen molar-refractivity contribution in [3.8, 4) is 5.75 Å². The molecule has 0 radical (unpaired) electrons. The maximum Gasteiger partial charge on any atom is 0.279 e. The van der Waals surface area contributed by atoms with Gasteiger partial charge in [0.25, 0.3) is 5.91 Å². The maximum atomic E-state index is 13.4. The molecule has 0 spiro atoms. The van der Waals surface area contributed by atoms with Crippen molar-refractivity contribution in [3.05, 3.63) is 88.7 Å². The molecule has 1 amide bonds. The van der Waals surface area contributed by atoms with Gasteiger partial charge < -0.3 is 14.0 Å². The number of sulfonamides is 1. The number of amides is 1. The Morgan fingerprint density at radius 3 is 2.37 bits per heavy atom. The van der Waals surface area contributed by atoms with E-state index < -0.39 is 15.9 Å². The molecule has 0 aliphatic rings. The van der Waals surface area contributed by atoms with Crippen LogP contribution in [-0.4, -0.2) is 50.1 Å². The molecule has 1 heterocycles. The lowest BCUT2D eigenvalue weighted by Crippen LogP contribution is -2.36. The van der Waals surface area contributed by atoms with Crippen LogP contribution in [0.15, 0.2) is 82.7 Å². The van der Waals surface area contributed by atoms with Gasteiger partial charge in [-0.2, -0.15) is 9.30 Å². The number of fused-ring (bicyclic) bond motifs is 1. The van der Waals surface area contributed by atoms with E-state index in [1.807, 2.05) is 66.9 Å². The number of thiazole rings is 1. The third-order valence-electron chi connectivity index (χ3n) is 6.07. The first-order chi connectivity index (χ1) is 18.2. The highest BCUT2D eigenvalue weighted by atomic mass is 32.2. The minimum atomic E-state index is -3.78. The normalized spacial score (nSPS) is 12.5. The third-order valence-corrected chi connectivity index (χ3v) is 9.15. The highest BCUT2D eigenvalue weighted by molar-refractivity contribution is 7.89. The molecule has 0 atom stereocenters. The first kappa shape index (κ1) is 27.7. The van der Waals surface area contributed by atoms with Gasteiger partial charge in [0.05, 0.1) is 28.8 Å². The van der Waals surface area contributed by atoms with Crippen LogP contribution in [0.5, 0.6) is 5.75 Å². The molecular weight excluding hydrogens is 522 g/mol. The van der Waals surface area contributed by atoms with E-state index in [4.69, 9.17) is 9.47 Å². The topological polar surface area (TPSA) is 90.2 Å². The lowest BCUT2D eigenvalue weighted by atomic mass is 10.2. The van der Waals surface area contributed by atoms with Gasteiger partial charge in [-0.3, -0.25) is 4.79 Å². The second-order valence-corrected chi connectivity index (χ2v) is 11.8. The quantitative estimate of drug-likeness (QED) is 0.284. The van der Waals surface area contributed by atoms with Crippen LogP contribution in [-0.2, 0) is 27.8 Å². The SMILES string of the molecule is COCCn1c(=NC(=O)c2ccc(S(=O)(=O)N(Cc3ccccc3)C(C)C)cc2)sc2cc(OC)ccc21. The largest absolute Gasteiger partial charge is 0.497 e. The molecule has 0 aliphatic heterocycles. The minimum absolute atomic E-state index is 0.128. The smallest absolute Gasteiger partial charge is 0.279 e. The summed E-state index contributed by atoms with van der Waals surface area (Å²) >= 11 is 1.38. The Labute approximate surface area is 226 Å². The Balaban J connectivity index is 1.64. The molecule has 0 N–H and O–H groups in total. The molecule has 8 nitrogen and oxygen atoms in total. The Bertz CT molecular complexity index is 1570. The average Bonchev–Trinajstić information content (AvgIpc) is 3.26. The second kappa shape index (κ2) is 12.0. The van der Waals surface area contributed by atoms with E-state index in [0.29, 0.717) is 23.5 Å². The molecular formula is C28H31N3O5S2. The molecule has 4 aromatic rings. The van der Waals surface area contributed by atoms with Crippen LogP contribution in [0.2, 0.25) is 0 Å². The molecule has 0 saturated heterocycles. The van der Waals surface area contributed by atoms with Crippen LogP contribution >= 0.6 is 11.3 Å². The average molecular weight is 554 g/mol. The predicted octanol–water partition coefficient (Wildman–Crippen LogP) is 4.70. The van der Waals surface area contributed by atoms with Crippen molar-refractivity contribution < 1.29 is 22.7 Å². The van der Waals surface area contributed by atoms with Gasteiger partial charge in [-0.05, 0) is 61.9 Å². The Morgan fingerprint density at radius 2 is 1.74 bits per heavy atom. The third kappa shape index (κ3) is 6.05. The van der Waals surface area contributed by atoms with E-state index >= 15 is 0 Å². The number of carbonyl (C=O) groups excluding carboxylic acids is 1. The minimum Gasteiger partial charge on any atom is -0.497 e. The van der Waals surface area contributed by atoms with Crippen molar-refractivity contribution in [2.24, 2.45) is 4.99 Å². The molecule has 3 aromatic carbocycles. The van der Waals surface area contributed by atoms with Gasteiger partial charge in [0.2, 0.25) is 10.0 Å². The van der Waals surface area contributed by atoms with E-state index in [-0.39, 0.29) is 17.5 Å². The highest BCUT2D eigenvalue weighted by Gasteiger charge is 2.27. The number of methoxy groups -OCH3 is 2. The van der Waals surface area contributed by atoms with Gasteiger partial charge in [0, 0.05) is 31.8 Å². The highest BCUT2D eigenvalue weighted by Crippen LogP contribution is 2.24. The number of hydrogen-bond acceptors (Lipinski definition) is 6. The van der Waals surface area contributed by atoms with E-state index in [0.717, 1.165) is 21.5 Å². The van der Waals surface area contributed by atoms with Crippen molar-refractivity contribution in [2.45, 2.75) is 37.9 Å². The summed E-state index contributed by atoms with van der Waals surface area (Å²) < 4.78 is 41.8. The van der Waals surface area contributed by atoms with Crippen LogP contribution in [0.4, 0.5) is 0 Å². The lowest BCUT2D eigenvalue weighted by molar-refractivity contribution is 0.0997. The molecule has 200 valence electrons. The fourth-order valence-electron chi connectivity index (χ4n) is 4.03. The molecule has 1 aromatic heterocycles. The van der Waals surface area contributed by atoms with Gasteiger partial charge in [-0.1, -0.05) is 41.7 Å². The molecule has 0 fully saturated rings. The van der Waals surface area contributed by atoms with Gasteiger partial charge in [0.1, 0.15) is 5.75 Å². The summed E-state index contributed by atoms with van der Waals surface area (Å²) in [5, 5.41) is 0. The zero-order chi connectivity index (χ0) is 27.3. The number of rotatable bonds is 10. The maximum absolute atomic E-state index is 13.4. The summed E-state index contributed by atoms with van der Waals surface area (Å²) in [7, 11) is -0.551. The summed E-state index contributed by atoms with van der Waals surface area (Å²) in [5.41, 5.74) is 2.13. The Morgan fingerprint density at radius 1 is 1.03 bits per heavy atom. The first-order valence-corrected chi connectivity index (χ1v) is 14.4. The van der Waals surface area contributed by atoms with Crippen LogP contribution in [0.3, 0.4) is 0 Å². The summed E-state index contributed by atoms with van der Waals surface area (Å²) in [6, 6.07) is 20.9. The summed E-state index contributed by atoms with van der Waals surface area (Å²) in [5.74, 6) is 0.263. The van der Waals surface area contributed by atoms with Crippen molar-refractivity contribution in [3.63, 3.8) is 0 Å².